The molecule has 0 atom stereocenters. The minimum absolute atomic E-state index is 0.0393. The summed E-state index contributed by atoms with van der Waals surface area (Å²) in [5.74, 6) is -0.275. The van der Waals surface area contributed by atoms with E-state index in [0.29, 0.717) is 39.6 Å². The fraction of sp³-hybridized carbons (Fsp3) is 0.125. The largest absolute Gasteiger partial charge is 0.331 e. The molecule has 1 aromatic heterocycles. The second-order valence-corrected chi connectivity index (χ2v) is 6.98. The maximum atomic E-state index is 12.8. The lowest BCUT2D eigenvalue weighted by Crippen LogP contribution is -2.21. The number of para-hydroxylation sites is 2. The first-order valence-electron chi connectivity index (χ1n) is 9.77. The maximum Gasteiger partial charge on any atom is 0.244 e. The van der Waals surface area contributed by atoms with Crippen molar-refractivity contribution in [1.82, 2.24) is 4.57 Å². The zero-order chi connectivity index (χ0) is 21.1. The number of pyridine rings is 1. The third kappa shape index (κ3) is 3.80. The molecule has 30 heavy (non-hydrogen) atoms. The summed E-state index contributed by atoms with van der Waals surface area (Å²) in [5, 5.41) is 6.82. The van der Waals surface area contributed by atoms with Gasteiger partial charge in [0, 0.05) is 28.6 Å². The predicted octanol–water partition coefficient (Wildman–Crippen LogP) is 4.14. The van der Waals surface area contributed by atoms with E-state index < -0.39 is 0 Å². The zero-order valence-electron chi connectivity index (χ0n) is 16.5. The van der Waals surface area contributed by atoms with E-state index in [1.807, 2.05) is 41.0 Å². The number of aromatic nitrogens is 1. The molecule has 0 aliphatic heterocycles. The van der Waals surface area contributed by atoms with Crippen molar-refractivity contribution in [1.29, 1.82) is 0 Å². The molecule has 0 saturated carbocycles. The number of benzene rings is 3. The second kappa shape index (κ2) is 8.21. The van der Waals surface area contributed by atoms with Gasteiger partial charge in [-0.3, -0.25) is 14.4 Å². The molecule has 0 spiro atoms. The molecular formula is C24H21N3O3. The Kier molecular flexibility index (Phi) is 5.30. The molecule has 2 amide bonds. The summed E-state index contributed by atoms with van der Waals surface area (Å²) in [4.78, 5) is 37.1. The molecule has 6 heteroatoms. The highest BCUT2D eigenvalue weighted by atomic mass is 16.2. The van der Waals surface area contributed by atoms with Crippen molar-refractivity contribution in [3.63, 3.8) is 0 Å². The molecule has 6 nitrogen and oxygen atoms in total. The number of amides is 2. The number of hydrogen-bond acceptors (Lipinski definition) is 3. The predicted molar refractivity (Wildman–Crippen MR) is 120 cm³/mol. The molecule has 1 heterocycles. The van der Waals surface area contributed by atoms with E-state index in [0.717, 1.165) is 0 Å². The number of nitrogens with one attached hydrogen (secondary N) is 2. The average Bonchev–Trinajstić information content (AvgIpc) is 2.78. The number of hydrogen-bond donors (Lipinski definition) is 2. The van der Waals surface area contributed by atoms with Gasteiger partial charge in [-0.25, -0.2) is 0 Å². The van der Waals surface area contributed by atoms with E-state index in [-0.39, 0.29) is 23.8 Å². The van der Waals surface area contributed by atoms with Crippen molar-refractivity contribution in [2.24, 2.45) is 0 Å². The summed E-state index contributed by atoms with van der Waals surface area (Å²) in [7, 11) is 0. The van der Waals surface area contributed by atoms with Crippen molar-refractivity contribution < 1.29 is 9.59 Å². The van der Waals surface area contributed by atoms with Crippen LogP contribution in [0.4, 0.5) is 11.4 Å². The van der Waals surface area contributed by atoms with Gasteiger partial charge in [-0.05, 0) is 48.5 Å². The highest BCUT2D eigenvalue weighted by Gasteiger charge is 2.13. The SMILES string of the molecule is CCC(=O)Nc1ccc(NC(=O)Cn2c3ccccc3c(=O)c3ccccc32)cc1. The molecule has 0 aliphatic rings. The van der Waals surface area contributed by atoms with Crippen LogP contribution in [0.25, 0.3) is 21.8 Å². The first-order valence-corrected chi connectivity index (χ1v) is 9.77. The van der Waals surface area contributed by atoms with E-state index >= 15 is 0 Å². The highest BCUT2D eigenvalue weighted by molar-refractivity contribution is 5.97. The van der Waals surface area contributed by atoms with Gasteiger partial charge in [-0.15, -0.1) is 0 Å². The third-order valence-electron chi connectivity index (χ3n) is 4.95. The third-order valence-corrected chi connectivity index (χ3v) is 4.95. The fourth-order valence-electron chi connectivity index (χ4n) is 3.48. The second-order valence-electron chi connectivity index (χ2n) is 6.98. The van der Waals surface area contributed by atoms with Gasteiger partial charge in [0.1, 0.15) is 6.54 Å². The number of fused-ring (bicyclic) bond motifs is 2. The monoisotopic (exact) mass is 399 g/mol. The Morgan fingerprint density at radius 2 is 1.20 bits per heavy atom. The Morgan fingerprint density at radius 1 is 0.733 bits per heavy atom. The van der Waals surface area contributed by atoms with Crippen LogP contribution >= 0.6 is 0 Å². The van der Waals surface area contributed by atoms with Crippen LogP contribution < -0.4 is 16.1 Å². The molecule has 0 radical (unpaired) electrons. The highest BCUT2D eigenvalue weighted by Crippen LogP contribution is 2.20. The standard InChI is InChI=1S/C24H21N3O3/c1-2-22(28)25-16-11-13-17(14-12-16)26-23(29)15-27-20-9-5-3-7-18(20)24(30)19-8-4-6-10-21(19)27/h3-14H,2,15H2,1H3,(H,25,28)(H,26,29). The van der Waals surface area contributed by atoms with E-state index in [1.54, 1.807) is 43.3 Å². The molecule has 0 fully saturated rings. The van der Waals surface area contributed by atoms with Gasteiger partial charge in [-0.1, -0.05) is 31.2 Å². The Labute approximate surface area is 173 Å². The van der Waals surface area contributed by atoms with Crippen LogP contribution in [-0.4, -0.2) is 16.4 Å². The van der Waals surface area contributed by atoms with E-state index in [9.17, 15) is 14.4 Å². The van der Waals surface area contributed by atoms with Gasteiger partial charge in [-0.2, -0.15) is 0 Å². The number of rotatable bonds is 5. The molecule has 150 valence electrons. The quantitative estimate of drug-likeness (QED) is 0.495. The topological polar surface area (TPSA) is 80.2 Å². The first-order chi connectivity index (χ1) is 14.6. The van der Waals surface area contributed by atoms with Crippen LogP contribution in [-0.2, 0) is 16.1 Å². The Hall–Kier alpha value is -3.93. The van der Waals surface area contributed by atoms with E-state index in [1.165, 1.54) is 0 Å². The minimum atomic E-state index is -0.209. The van der Waals surface area contributed by atoms with Crippen molar-refractivity contribution in [2.45, 2.75) is 19.9 Å². The molecule has 0 aliphatic carbocycles. The van der Waals surface area contributed by atoms with Crippen LogP contribution in [0, 0.1) is 0 Å². The molecule has 0 unspecified atom stereocenters. The average molecular weight is 399 g/mol. The Morgan fingerprint density at radius 3 is 1.70 bits per heavy atom. The number of anilines is 2. The van der Waals surface area contributed by atoms with Gasteiger partial charge in [0.15, 0.2) is 5.43 Å². The summed E-state index contributed by atoms with van der Waals surface area (Å²) in [6, 6.07) is 21.6. The van der Waals surface area contributed by atoms with Crippen LogP contribution in [0.5, 0.6) is 0 Å². The summed E-state index contributed by atoms with van der Waals surface area (Å²) in [5.41, 5.74) is 2.70. The van der Waals surface area contributed by atoms with E-state index in [4.69, 9.17) is 0 Å². The van der Waals surface area contributed by atoms with Crippen molar-refractivity contribution >= 4 is 45.0 Å². The number of nitrogens with zero attached hydrogens (tertiary/aromatic N) is 1. The first kappa shape index (κ1) is 19.4. The van der Waals surface area contributed by atoms with Gasteiger partial charge in [0.25, 0.3) is 0 Å². The molecule has 0 saturated heterocycles. The van der Waals surface area contributed by atoms with Gasteiger partial charge >= 0.3 is 0 Å². The van der Waals surface area contributed by atoms with Crippen LogP contribution in [0.1, 0.15) is 13.3 Å². The lowest BCUT2D eigenvalue weighted by atomic mass is 10.1. The molecular weight excluding hydrogens is 378 g/mol. The normalized spacial score (nSPS) is 10.8. The number of carbonyl (C=O) groups excluding carboxylic acids is 2. The Bertz CT molecular complexity index is 1250. The van der Waals surface area contributed by atoms with Gasteiger partial charge in [0.2, 0.25) is 11.8 Å². The summed E-state index contributed by atoms with van der Waals surface area (Å²) in [6.07, 6.45) is 0.403. The fourth-order valence-corrected chi connectivity index (χ4v) is 3.48. The number of carbonyl (C=O) groups is 2. The smallest absolute Gasteiger partial charge is 0.244 e. The van der Waals surface area contributed by atoms with Gasteiger partial charge < -0.3 is 15.2 Å². The molecule has 4 aromatic rings. The maximum absolute atomic E-state index is 12.8. The molecule has 2 N–H and O–H groups in total. The van der Waals surface area contributed by atoms with E-state index in [2.05, 4.69) is 10.6 Å². The molecule has 4 rings (SSSR count). The molecule has 0 bridgehead atoms. The van der Waals surface area contributed by atoms with Crippen LogP contribution in [0.3, 0.4) is 0 Å². The summed E-state index contributed by atoms with van der Waals surface area (Å²) >= 11 is 0. The minimum Gasteiger partial charge on any atom is -0.331 e. The van der Waals surface area contributed by atoms with Crippen molar-refractivity contribution in [3.05, 3.63) is 83.0 Å². The lowest BCUT2D eigenvalue weighted by molar-refractivity contribution is -0.117. The van der Waals surface area contributed by atoms with Crippen LogP contribution in [0.2, 0.25) is 0 Å². The van der Waals surface area contributed by atoms with Crippen molar-refractivity contribution in [2.75, 3.05) is 10.6 Å². The zero-order valence-corrected chi connectivity index (χ0v) is 16.5. The van der Waals surface area contributed by atoms with Crippen molar-refractivity contribution in [3.8, 4) is 0 Å². The Balaban J connectivity index is 1.62. The summed E-state index contributed by atoms with van der Waals surface area (Å²) < 4.78 is 1.86. The van der Waals surface area contributed by atoms with Crippen LogP contribution in [0.15, 0.2) is 77.6 Å². The molecule has 3 aromatic carbocycles. The van der Waals surface area contributed by atoms with Gasteiger partial charge in [0.05, 0.1) is 11.0 Å². The lowest BCUT2D eigenvalue weighted by Gasteiger charge is -2.15. The summed E-state index contributed by atoms with van der Waals surface area (Å²) in [6.45, 7) is 1.85.